The van der Waals surface area contributed by atoms with Gasteiger partial charge in [-0.25, -0.2) is 9.97 Å². The van der Waals surface area contributed by atoms with Crippen molar-refractivity contribution in [3.05, 3.63) is 88.4 Å². The number of amides is 1. The number of carbonyl (C=O) groups excluding carboxylic acids is 1. The number of carbonyl (C=O) groups is 1. The maximum Gasteiger partial charge on any atom is 0.225 e. The molecule has 1 aliphatic carbocycles. The smallest absolute Gasteiger partial charge is 0.225 e. The standard InChI is InChI=1S/C27H25N3O2S/c31-17-19-11-13-21-20(16-19)12-14-22-25(21)30-26(23-9-5-15-33-23)27(28-22)29-24(32)10-4-8-18-6-2-1-3-7-18/h1-3,5-7,9,11,13,15-16,31H,4,8,10,12,14,17H2,(H,28,29,32). The minimum absolute atomic E-state index is 0.0293. The minimum Gasteiger partial charge on any atom is -0.392 e. The van der Waals surface area contributed by atoms with Crippen LogP contribution >= 0.6 is 11.3 Å². The molecule has 1 amide bonds. The number of aliphatic hydroxyl groups is 1. The molecule has 0 spiro atoms. The minimum atomic E-state index is -0.0400. The second kappa shape index (κ2) is 9.65. The van der Waals surface area contributed by atoms with Gasteiger partial charge in [-0.1, -0.05) is 54.6 Å². The first-order valence-corrected chi connectivity index (χ1v) is 12.1. The molecule has 4 aromatic rings. The van der Waals surface area contributed by atoms with Gasteiger partial charge in [-0.3, -0.25) is 4.79 Å². The maximum atomic E-state index is 12.8. The maximum absolute atomic E-state index is 12.8. The monoisotopic (exact) mass is 455 g/mol. The van der Waals surface area contributed by atoms with E-state index in [0.29, 0.717) is 17.9 Å². The lowest BCUT2D eigenvalue weighted by molar-refractivity contribution is -0.116. The number of fused-ring (bicyclic) bond motifs is 3. The van der Waals surface area contributed by atoms with E-state index in [9.17, 15) is 9.90 Å². The third-order valence-corrected chi connectivity index (χ3v) is 6.81. The summed E-state index contributed by atoms with van der Waals surface area (Å²) in [5, 5.41) is 14.5. The fraction of sp³-hybridized carbons (Fsp3) is 0.222. The number of hydrogen-bond donors (Lipinski definition) is 2. The van der Waals surface area contributed by atoms with Gasteiger partial charge in [-0.15, -0.1) is 11.3 Å². The number of nitrogens with one attached hydrogen (secondary N) is 1. The Morgan fingerprint density at radius 2 is 1.85 bits per heavy atom. The van der Waals surface area contributed by atoms with E-state index in [1.165, 1.54) is 11.1 Å². The summed E-state index contributed by atoms with van der Waals surface area (Å²) in [7, 11) is 0. The van der Waals surface area contributed by atoms with Gasteiger partial charge < -0.3 is 10.4 Å². The van der Waals surface area contributed by atoms with Crippen molar-refractivity contribution in [1.29, 1.82) is 0 Å². The molecule has 5 rings (SSSR count). The molecule has 0 unspecified atom stereocenters. The third-order valence-electron chi connectivity index (χ3n) is 5.93. The fourth-order valence-electron chi connectivity index (χ4n) is 4.26. The van der Waals surface area contributed by atoms with E-state index in [2.05, 4.69) is 17.4 Å². The van der Waals surface area contributed by atoms with E-state index in [1.807, 2.05) is 53.9 Å². The molecule has 0 saturated carbocycles. The van der Waals surface area contributed by atoms with Crippen LogP contribution in [-0.4, -0.2) is 21.0 Å². The fourth-order valence-corrected chi connectivity index (χ4v) is 4.98. The number of nitrogens with zero attached hydrogens (tertiary/aromatic N) is 2. The van der Waals surface area contributed by atoms with Gasteiger partial charge >= 0.3 is 0 Å². The Bertz CT molecular complexity index is 1270. The van der Waals surface area contributed by atoms with Gasteiger partial charge in [0.1, 0.15) is 5.69 Å². The summed E-state index contributed by atoms with van der Waals surface area (Å²) in [6.45, 7) is 0.0293. The van der Waals surface area contributed by atoms with E-state index in [4.69, 9.17) is 9.97 Å². The number of anilines is 1. The van der Waals surface area contributed by atoms with Crippen molar-refractivity contribution in [1.82, 2.24) is 9.97 Å². The number of aliphatic hydroxyl groups excluding tert-OH is 1. The Hall–Kier alpha value is -3.35. The van der Waals surface area contributed by atoms with Crippen LogP contribution in [0.3, 0.4) is 0 Å². The van der Waals surface area contributed by atoms with Gasteiger partial charge in [0.15, 0.2) is 5.82 Å². The molecular formula is C27H25N3O2S. The summed E-state index contributed by atoms with van der Waals surface area (Å²) in [4.78, 5) is 23.6. The molecule has 0 saturated heterocycles. The lowest BCUT2D eigenvalue weighted by atomic mass is 9.90. The Morgan fingerprint density at radius 1 is 0.970 bits per heavy atom. The topological polar surface area (TPSA) is 75.1 Å². The van der Waals surface area contributed by atoms with Crippen LogP contribution in [0.2, 0.25) is 0 Å². The van der Waals surface area contributed by atoms with E-state index >= 15 is 0 Å². The molecule has 2 heterocycles. The van der Waals surface area contributed by atoms with Crippen molar-refractivity contribution >= 4 is 23.1 Å². The van der Waals surface area contributed by atoms with Crippen molar-refractivity contribution in [2.45, 2.75) is 38.7 Å². The molecule has 5 nitrogen and oxygen atoms in total. The third kappa shape index (κ3) is 4.72. The molecule has 0 atom stereocenters. The highest BCUT2D eigenvalue weighted by molar-refractivity contribution is 7.13. The normalized spacial score (nSPS) is 12.2. The molecule has 2 aromatic carbocycles. The Balaban J connectivity index is 1.41. The summed E-state index contributed by atoms with van der Waals surface area (Å²) in [5.74, 6) is 0.498. The van der Waals surface area contributed by atoms with Crippen molar-refractivity contribution < 1.29 is 9.90 Å². The average molecular weight is 456 g/mol. The van der Waals surface area contributed by atoms with Gasteiger partial charge in [-0.05, 0) is 53.8 Å². The zero-order chi connectivity index (χ0) is 22.6. The predicted octanol–water partition coefficient (Wildman–Crippen LogP) is 5.42. The first-order chi connectivity index (χ1) is 16.2. The number of rotatable bonds is 7. The zero-order valence-corrected chi connectivity index (χ0v) is 19.1. The van der Waals surface area contributed by atoms with Gasteiger partial charge in [0.05, 0.1) is 22.9 Å². The molecule has 0 radical (unpaired) electrons. The molecule has 0 fully saturated rings. The van der Waals surface area contributed by atoms with Crippen LogP contribution in [0.5, 0.6) is 0 Å². The number of aromatic nitrogens is 2. The molecule has 2 aromatic heterocycles. The van der Waals surface area contributed by atoms with Crippen molar-refractivity contribution in [3.8, 4) is 21.8 Å². The number of benzene rings is 2. The van der Waals surface area contributed by atoms with Crippen LogP contribution < -0.4 is 5.32 Å². The van der Waals surface area contributed by atoms with Gasteiger partial charge in [0, 0.05) is 12.0 Å². The SMILES string of the molecule is O=C(CCCc1ccccc1)Nc1nc2c(nc1-c1cccs1)-c1ccc(CO)cc1CC2. The predicted molar refractivity (Wildman–Crippen MR) is 132 cm³/mol. The number of aryl methyl sites for hydroxylation is 3. The Morgan fingerprint density at radius 3 is 2.64 bits per heavy atom. The van der Waals surface area contributed by atoms with Crippen LogP contribution in [0.15, 0.2) is 66.0 Å². The van der Waals surface area contributed by atoms with Crippen LogP contribution in [0.4, 0.5) is 5.82 Å². The first-order valence-electron chi connectivity index (χ1n) is 11.2. The Labute approximate surface area is 197 Å². The molecule has 166 valence electrons. The van der Waals surface area contributed by atoms with Crippen LogP contribution in [0.25, 0.3) is 21.8 Å². The lowest BCUT2D eigenvalue weighted by Crippen LogP contribution is -2.17. The highest BCUT2D eigenvalue weighted by atomic mass is 32.1. The number of thiophene rings is 1. The second-order valence-electron chi connectivity index (χ2n) is 8.23. The summed E-state index contributed by atoms with van der Waals surface area (Å²) in [6.07, 6.45) is 3.68. The Kier molecular flexibility index (Phi) is 6.28. The van der Waals surface area contributed by atoms with Crippen molar-refractivity contribution in [2.24, 2.45) is 0 Å². The molecule has 2 N–H and O–H groups in total. The average Bonchev–Trinajstić information content (AvgIpc) is 3.38. The molecule has 0 bridgehead atoms. The molecular weight excluding hydrogens is 430 g/mol. The van der Waals surface area contributed by atoms with E-state index in [0.717, 1.165) is 53.1 Å². The van der Waals surface area contributed by atoms with Crippen molar-refractivity contribution in [3.63, 3.8) is 0 Å². The quantitative estimate of drug-likeness (QED) is 0.390. The second-order valence-corrected chi connectivity index (χ2v) is 9.18. The van der Waals surface area contributed by atoms with Gasteiger partial charge in [-0.2, -0.15) is 0 Å². The lowest BCUT2D eigenvalue weighted by Gasteiger charge is -2.21. The van der Waals surface area contributed by atoms with Crippen LogP contribution in [0.1, 0.15) is 35.2 Å². The molecule has 6 heteroatoms. The van der Waals surface area contributed by atoms with Crippen molar-refractivity contribution in [2.75, 3.05) is 5.32 Å². The summed E-state index contributed by atoms with van der Waals surface area (Å²) >= 11 is 1.58. The highest BCUT2D eigenvalue weighted by Gasteiger charge is 2.23. The van der Waals surface area contributed by atoms with Crippen LogP contribution in [-0.2, 0) is 30.7 Å². The first kappa shape index (κ1) is 21.5. The van der Waals surface area contributed by atoms with Gasteiger partial charge in [0.25, 0.3) is 0 Å². The highest BCUT2D eigenvalue weighted by Crippen LogP contribution is 2.37. The van der Waals surface area contributed by atoms with Crippen LogP contribution in [0, 0.1) is 0 Å². The van der Waals surface area contributed by atoms with E-state index in [1.54, 1.807) is 11.3 Å². The molecule has 0 aliphatic heterocycles. The van der Waals surface area contributed by atoms with Gasteiger partial charge in [0.2, 0.25) is 5.91 Å². The summed E-state index contributed by atoms with van der Waals surface area (Å²) in [6, 6.07) is 20.2. The largest absolute Gasteiger partial charge is 0.392 e. The summed E-state index contributed by atoms with van der Waals surface area (Å²) in [5.41, 5.74) is 6.85. The molecule has 1 aliphatic rings. The number of hydrogen-bond acceptors (Lipinski definition) is 5. The molecule has 33 heavy (non-hydrogen) atoms. The van der Waals surface area contributed by atoms with E-state index in [-0.39, 0.29) is 12.5 Å². The zero-order valence-electron chi connectivity index (χ0n) is 18.3. The summed E-state index contributed by atoms with van der Waals surface area (Å²) < 4.78 is 0. The van der Waals surface area contributed by atoms with E-state index < -0.39 is 0 Å².